The molecule has 1 aromatic carbocycles. The first kappa shape index (κ1) is 16.4. The van der Waals surface area contributed by atoms with Crippen molar-refractivity contribution in [3.8, 4) is 11.5 Å². The Morgan fingerprint density at radius 1 is 1.14 bits per heavy atom. The molecule has 6 nitrogen and oxygen atoms in total. The van der Waals surface area contributed by atoms with E-state index in [1.165, 1.54) is 19.3 Å². The zero-order valence-electron chi connectivity index (χ0n) is 13.4. The van der Waals surface area contributed by atoms with Crippen LogP contribution in [0.2, 0.25) is 0 Å². The van der Waals surface area contributed by atoms with E-state index in [0.29, 0.717) is 23.7 Å². The first-order valence-electron chi connectivity index (χ1n) is 7.72. The summed E-state index contributed by atoms with van der Waals surface area (Å²) in [5, 5.41) is 5.68. The third-order valence-electron chi connectivity index (χ3n) is 3.80. The molecule has 2 rings (SSSR count). The summed E-state index contributed by atoms with van der Waals surface area (Å²) in [5.74, 6) is 1.23. The van der Waals surface area contributed by atoms with Crippen LogP contribution in [0.1, 0.15) is 19.3 Å². The van der Waals surface area contributed by atoms with Crippen LogP contribution in [-0.4, -0.2) is 51.3 Å². The number of urea groups is 1. The molecule has 1 aliphatic rings. The molecule has 6 heteroatoms. The smallest absolute Gasteiger partial charge is 0.319 e. The molecule has 0 unspecified atom stereocenters. The lowest BCUT2D eigenvalue weighted by molar-refractivity contribution is 0.224. The molecule has 2 N–H and O–H groups in total. The summed E-state index contributed by atoms with van der Waals surface area (Å²) < 4.78 is 10.4. The van der Waals surface area contributed by atoms with Gasteiger partial charge in [0.05, 0.1) is 14.2 Å². The van der Waals surface area contributed by atoms with Gasteiger partial charge >= 0.3 is 6.03 Å². The van der Waals surface area contributed by atoms with Gasteiger partial charge in [0.15, 0.2) is 11.5 Å². The number of amides is 2. The Kier molecular flexibility index (Phi) is 6.33. The van der Waals surface area contributed by atoms with Crippen LogP contribution in [0.3, 0.4) is 0 Å². The zero-order chi connectivity index (χ0) is 15.8. The van der Waals surface area contributed by atoms with Crippen molar-refractivity contribution in [2.24, 2.45) is 0 Å². The standard InChI is InChI=1S/C16H25N3O3/c1-21-14-7-6-13(12-15(14)22-2)18-16(20)17-8-11-19-9-4-3-5-10-19/h6-7,12H,3-5,8-11H2,1-2H3,(H2,17,18,20). The van der Waals surface area contributed by atoms with Gasteiger partial charge in [-0.15, -0.1) is 0 Å². The normalized spacial score (nSPS) is 15.2. The number of nitrogens with one attached hydrogen (secondary N) is 2. The van der Waals surface area contributed by atoms with Crippen LogP contribution < -0.4 is 20.1 Å². The quantitative estimate of drug-likeness (QED) is 0.846. The van der Waals surface area contributed by atoms with E-state index in [2.05, 4.69) is 15.5 Å². The van der Waals surface area contributed by atoms with Crippen molar-refractivity contribution in [1.82, 2.24) is 10.2 Å². The monoisotopic (exact) mass is 307 g/mol. The summed E-state index contributed by atoms with van der Waals surface area (Å²) in [5.41, 5.74) is 0.674. The van der Waals surface area contributed by atoms with Gasteiger partial charge in [-0.25, -0.2) is 4.79 Å². The maximum Gasteiger partial charge on any atom is 0.319 e. The lowest BCUT2D eigenvalue weighted by Gasteiger charge is -2.26. The average Bonchev–Trinajstić information content (AvgIpc) is 2.55. The third-order valence-corrected chi connectivity index (χ3v) is 3.80. The van der Waals surface area contributed by atoms with Crippen molar-refractivity contribution in [3.05, 3.63) is 18.2 Å². The highest BCUT2D eigenvalue weighted by atomic mass is 16.5. The molecule has 0 spiro atoms. The fourth-order valence-corrected chi connectivity index (χ4v) is 2.60. The minimum absolute atomic E-state index is 0.204. The van der Waals surface area contributed by atoms with Crippen molar-refractivity contribution in [2.75, 3.05) is 45.7 Å². The average molecular weight is 307 g/mol. The molecule has 122 valence electrons. The molecule has 0 aliphatic carbocycles. The van der Waals surface area contributed by atoms with Gasteiger partial charge in [-0.2, -0.15) is 0 Å². The number of likely N-dealkylation sites (tertiary alicyclic amines) is 1. The van der Waals surface area contributed by atoms with Gasteiger partial charge in [0.25, 0.3) is 0 Å². The maximum absolute atomic E-state index is 11.9. The summed E-state index contributed by atoms with van der Waals surface area (Å²) in [4.78, 5) is 14.3. The van der Waals surface area contributed by atoms with E-state index in [4.69, 9.17) is 9.47 Å². The minimum atomic E-state index is -0.204. The van der Waals surface area contributed by atoms with Crippen LogP contribution in [0, 0.1) is 0 Å². The topological polar surface area (TPSA) is 62.8 Å². The van der Waals surface area contributed by atoms with E-state index in [1.54, 1.807) is 32.4 Å². The van der Waals surface area contributed by atoms with Crippen molar-refractivity contribution in [2.45, 2.75) is 19.3 Å². The maximum atomic E-state index is 11.9. The molecule has 1 fully saturated rings. The van der Waals surface area contributed by atoms with E-state index < -0.39 is 0 Å². The number of carbonyl (C=O) groups excluding carboxylic acids is 1. The van der Waals surface area contributed by atoms with Gasteiger partial charge < -0.3 is 25.0 Å². The molecular formula is C16H25N3O3. The second-order valence-corrected chi connectivity index (χ2v) is 5.35. The van der Waals surface area contributed by atoms with Gasteiger partial charge in [0.1, 0.15) is 0 Å². The molecule has 22 heavy (non-hydrogen) atoms. The third kappa shape index (κ3) is 4.80. The van der Waals surface area contributed by atoms with Crippen LogP contribution in [0.4, 0.5) is 10.5 Å². The van der Waals surface area contributed by atoms with Crippen molar-refractivity contribution >= 4 is 11.7 Å². The highest BCUT2D eigenvalue weighted by molar-refractivity contribution is 5.89. The Morgan fingerprint density at radius 2 is 1.86 bits per heavy atom. The van der Waals surface area contributed by atoms with Gasteiger partial charge in [-0.3, -0.25) is 0 Å². The number of anilines is 1. The number of ether oxygens (including phenoxy) is 2. The number of piperidine rings is 1. The largest absolute Gasteiger partial charge is 0.493 e. The van der Waals surface area contributed by atoms with Gasteiger partial charge in [0.2, 0.25) is 0 Å². The first-order chi connectivity index (χ1) is 10.7. The Balaban J connectivity index is 1.76. The van der Waals surface area contributed by atoms with Crippen LogP contribution >= 0.6 is 0 Å². The Labute approximate surface area is 131 Å². The molecule has 0 bridgehead atoms. The highest BCUT2D eigenvalue weighted by Gasteiger charge is 2.10. The second kappa shape index (κ2) is 8.48. The molecule has 1 aromatic rings. The highest BCUT2D eigenvalue weighted by Crippen LogP contribution is 2.29. The van der Waals surface area contributed by atoms with E-state index in [0.717, 1.165) is 19.6 Å². The predicted molar refractivity (Wildman–Crippen MR) is 86.9 cm³/mol. The molecule has 0 aromatic heterocycles. The molecule has 1 heterocycles. The second-order valence-electron chi connectivity index (χ2n) is 5.35. The van der Waals surface area contributed by atoms with Crippen molar-refractivity contribution in [3.63, 3.8) is 0 Å². The summed E-state index contributed by atoms with van der Waals surface area (Å²) in [6.45, 7) is 3.83. The van der Waals surface area contributed by atoms with Gasteiger partial charge in [-0.1, -0.05) is 6.42 Å². The Bertz CT molecular complexity index is 488. The van der Waals surface area contributed by atoms with Crippen LogP contribution in [0.5, 0.6) is 11.5 Å². The number of hydrogen-bond donors (Lipinski definition) is 2. The molecule has 1 saturated heterocycles. The lowest BCUT2D eigenvalue weighted by Crippen LogP contribution is -2.39. The van der Waals surface area contributed by atoms with E-state index >= 15 is 0 Å². The van der Waals surface area contributed by atoms with Crippen LogP contribution in [0.15, 0.2) is 18.2 Å². The summed E-state index contributed by atoms with van der Waals surface area (Å²) >= 11 is 0. The van der Waals surface area contributed by atoms with E-state index in [-0.39, 0.29) is 6.03 Å². The van der Waals surface area contributed by atoms with Gasteiger partial charge in [0, 0.05) is 24.8 Å². The van der Waals surface area contributed by atoms with Crippen LogP contribution in [-0.2, 0) is 0 Å². The summed E-state index contributed by atoms with van der Waals surface area (Å²) in [6.07, 6.45) is 3.85. The fourth-order valence-electron chi connectivity index (χ4n) is 2.60. The van der Waals surface area contributed by atoms with Crippen molar-refractivity contribution in [1.29, 1.82) is 0 Å². The summed E-state index contributed by atoms with van der Waals surface area (Å²) in [7, 11) is 3.15. The summed E-state index contributed by atoms with van der Waals surface area (Å²) in [6, 6.07) is 5.08. The van der Waals surface area contributed by atoms with Crippen molar-refractivity contribution < 1.29 is 14.3 Å². The molecular weight excluding hydrogens is 282 g/mol. The molecule has 0 radical (unpaired) electrons. The first-order valence-corrected chi connectivity index (χ1v) is 7.72. The Hall–Kier alpha value is -1.95. The van der Waals surface area contributed by atoms with Gasteiger partial charge in [-0.05, 0) is 38.1 Å². The molecule has 2 amide bonds. The number of benzene rings is 1. The van der Waals surface area contributed by atoms with Crippen LogP contribution in [0.25, 0.3) is 0 Å². The van der Waals surface area contributed by atoms with E-state index in [9.17, 15) is 4.79 Å². The number of hydrogen-bond acceptors (Lipinski definition) is 4. The minimum Gasteiger partial charge on any atom is -0.493 e. The van der Waals surface area contributed by atoms with E-state index in [1.807, 2.05) is 0 Å². The molecule has 1 aliphatic heterocycles. The zero-order valence-corrected chi connectivity index (χ0v) is 13.4. The lowest BCUT2D eigenvalue weighted by atomic mass is 10.1. The Morgan fingerprint density at radius 3 is 2.55 bits per heavy atom. The number of nitrogens with zero attached hydrogens (tertiary/aromatic N) is 1. The predicted octanol–water partition coefficient (Wildman–Crippen LogP) is 2.31. The number of rotatable bonds is 6. The molecule has 0 atom stereocenters. The number of methoxy groups -OCH3 is 2. The SMILES string of the molecule is COc1ccc(NC(=O)NCCN2CCCCC2)cc1OC. The number of carbonyl (C=O) groups is 1. The fraction of sp³-hybridized carbons (Fsp3) is 0.562. The molecule has 0 saturated carbocycles.